The SMILES string of the molecule is Cc1ccc(N2C(=O)CS[C@@H]2c2ccc(Cl)cc2)cc1Cl. The first-order valence-corrected chi connectivity index (χ1v) is 8.32. The zero-order valence-electron chi connectivity index (χ0n) is 11.3. The molecule has 2 aromatic rings. The van der Waals surface area contributed by atoms with E-state index in [2.05, 4.69) is 0 Å². The lowest BCUT2D eigenvalue weighted by Gasteiger charge is -2.24. The summed E-state index contributed by atoms with van der Waals surface area (Å²) in [6.45, 7) is 1.95. The molecule has 3 rings (SSSR count). The first kappa shape index (κ1) is 14.8. The molecule has 2 aromatic carbocycles. The van der Waals surface area contributed by atoms with E-state index in [9.17, 15) is 4.79 Å². The summed E-state index contributed by atoms with van der Waals surface area (Å²) in [6.07, 6.45) is 0. The molecule has 1 fully saturated rings. The first-order valence-electron chi connectivity index (χ1n) is 6.51. The van der Waals surface area contributed by atoms with Crippen molar-refractivity contribution in [3.05, 3.63) is 63.6 Å². The molecule has 108 valence electrons. The second-order valence-electron chi connectivity index (χ2n) is 4.91. The van der Waals surface area contributed by atoms with Crippen molar-refractivity contribution < 1.29 is 4.79 Å². The number of hydrogen-bond donors (Lipinski definition) is 0. The third-order valence-electron chi connectivity index (χ3n) is 3.46. The van der Waals surface area contributed by atoms with E-state index in [1.807, 2.05) is 49.4 Å². The van der Waals surface area contributed by atoms with Crippen LogP contribution in [0.4, 0.5) is 5.69 Å². The third kappa shape index (κ3) is 2.91. The number of amides is 1. The van der Waals surface area contributed by atoms with Crippen molar-refractivity contribution in [2.24, 2.45) is 0 Å². The molecule has 1 heterocycles. The summed E-state index contributed by atoms with van der Waals surface area (Å²) in [6, 6.07) is 13.3. The molecule has 21 heavy (non-hydrogen) atoms. The number of rotatable bonds is 2. The Morgan fingerprint density at radius 3 is 2.52 bits per heavy atom. The van der Waals surface area contributed by atoms with Gasteiger partial charge in [-0.25, -0.2) is 0 Å². The number of benzene rings is 2. The number of hydrogen-bond acceptors (Lipinski definition) is 2. The summed E-state index contributed by atoms with van der Waals surface area (Å²) in [5.74, 6) is 0.568. The Morgan fingerprint density at radius 1 is 1.14 bits per heavy atom. The molecule has 0 saturated carbocycles. The summed E-state index contributed by atoms with van der Waals surface area (Å²) in [7, 11) is 0. The maximum Gasteiger partial charge on any atom is 0.238 e. The van der Waals surface area contributed by atoms with Gasteiger partial charge in [-0.1, -0.05) is 41.4 Å². The Labute approximate surface area is 138 Å². The van der Waals surface area contributed by atoms with Crippen LogP contribution in [0, 0.1) is 6.92 Å². The van der Waals surface area contributed by atoms with E-state index in [0.29, 0.717) is 15.8 Å². The average molecular weight is 338 g/mol. The summed E-state index contributed by atoms with van der Waals surface area (Å²) < 4.78 is 0. The molecule has 0 spiro atoms. The molecule has 1 aliphatic rings. The highest BCUT2D eigenvalue weighted by molar-refractivity contribution is 8.00. The van der Waals surface area contributed by atoms with Gasteiger partial charge in [0.05, 0.1) is 5.75 Å². The van der Waals surface area contributed by atoms with Crippen LogP contribution in [0.1, 0.15) is 16.5 Å². The molecule has 2 nitrogen and oxygen atoms in total. The number of carbonyl (C=O) groups excluding carboxylic acids is 1. The summed E-state index contributed by atoms with van der Waals surface area (Å²) in [4.78, 5) is 14.1. The first-order chi connectivity index (χ1) is 10.1. The van der Waals surface area contributed by atoms with E-state index in [0.717, 1.165) is 16.8 Å². The molecule has 0 radical (unpaired) electrons. The van der Waals surface area contributed by atoms with Crippen molar-refractivity contribution in [3.63, 3.8) is 0 Å². The summed E-state index contributed by atoms with van der Waals surface area (Å²) >= 11 is 13.7. The molecule has 1 atom stereocenters. The van der Waals surface area contributed by atoms with Gasteiger partial charge in [0.25, 0.3) is 0 Å². The average Bonchev–Trinajstić information content (AvgIpc) is 2.85. The van der Waals surface area contributed by atoms with Gasteiger partial charge in [-0.3, -0.25) is 9.69 Å². The smallest absolute Gasteiger partial charge is 0.238 e. The van der Waals surface area contributed by atoms with Gasteiger partial charge in [-0.2, -0.15) is 0 Å². The highest BCUT2D eigenvalue weighted by Crippen LogP contribution is 2.42. The van der Waals surface area contributed by atoms with Crippen molar-refractivity contribution in [1.29, 1.82) is 0 Å². The van der Waals surface area contributed by atoms with Crippen LogP contribution in [0.25, 0.3) is 0 Å². The third-order valence-corrected chi connectivity index (χ3v) is 5.33. The van der Waals surface area contributed by atoms with Crippen LogP contribution < -0.4 is 4.90 Å². The maximum atomic E-state index is 12.3. The summed E-state index contributed by atoms with van der Waals surface area (Å²) in [5.41, 5.74) is 2.90. The minimum absolute atomic E-state index is 0.0338. The maximum absolute atomic E-state index is 12.3. The largest absolute Gasteiger partial charge is 0.295 e. The van der Waals surface area contributed by atoms with Gasteiger partial charge in [-0.05, 0) is 42.3 Å². The quantitative estimate of drug-likeness (QED) is 0.761. The van der Waals surface area contributed by atoms with Crippen LogP contribution in [-0.2, 0) is 4.79 Å². The molecule has 5 heteroatoms. The fourth-order valence-corrected chi connectivity index (χ4v) is 3.79. The van der Waals surface area contributed by atoms with Crippen molar-refractivity contribution in [1.82, 2.24) is 0 Å². The predicted octanol–water partition coefficient (Wildman–Crippen LogP) is 5.08. The van der Waals surface area contributed by atoms with E-state index >= 15 is 0 Å². The van der Waals surface area contributed by atoms with Crippen molar-refractivity contribution >= 4 is 46.6 Å². The van der Waals surface area contributed by atoms with E-state index in [1.54, 1.807) is 16.7 Å². The molecular formula is C16H13Cl2NOS. The normalized spacial score (nSPS) is 18.3. The Hall–Kier alpha value is -1.16. The highest BCUT2D eigenvalue weighted by Gasteiger charge is 2.34. The lowest BCUT2D eigenvalue weighted by atomic mass is 10.1. The number of nitrogens with zero attached hydrogens (tertiary/aromatic N) is 1. The molecule has 1 aliphatic heterocycles. The van der Waals surface area contributed by atoms with Gasteiger partial charge in [0.2, 0.25) is 5.91 Å². The monoisotopic (exact) mass is 337 g/mol. The van der Waals surface area contributed by atoms with Crippen molar-refractivity contribution in [2.45, 2.75) is 12.3 Å². The molecule has 1 amide bonds. The Kier molecular flexibility index (Phi) is 4.16. The van der Waals surface area contributed by atoms with Crippen molar-refractivity contribution in [2.75, 3.05) is 10.7 Å². The molecule has 0 bridgehead atoms. The van der Waals surface area contributed by atoms with Crippen LogP contribution in [0.2, 0.25) is 10.0 Å². The second kappa shape index (κ2) is 5.91. The van der Waals surface area contributed by atoms with Gasteiger partial charge < -0.3 is 0 Å². The Morgan fingerprint density at radius 2 is 1.86 bits per heavy atom. The molecule has 0 N–H and O–H groups in total. The molecular weight excluding hydrogens is 325 g/mol. The van der Waals surface area contributed by atoms with Gasteiger partial charge >= 0.3 is 0 Å². The van der Waals surface area contributed by atoms with Crippen LogP contribution in [0.15, 0.2) is 42.5 Å². The number of halogens is 2. The number of thioether (sulfide) groups is 1. The standard InChI is InChI=1S/C16H13Cl2NOS/c1-10-2-7-13(8-14(10)18)19-15(20)9-21-16(19)11-3-5-12(17)6-4-11/h2-8,16H,9H2,1H3/t16-/m1/s1. The van der Waals surface area contributed by atoms with Gasteiger partial charge in [0.15, 0.2) is 0 Å². The van der Waals surface area contributed by atoms with E-state index in [-0.39, 0.29) is 11.3 Å². The number of anilines is 1. The molecule has 0 aliphatic carbocycles. The topological polar surface area (TPSA) is 20.3 Å². The van der Waals surface area contributed by atoms with Crippen LogP contribution in [0.3, 0.4) is 0 Å². The Bertz CT molecular complexity index is 687. The lowest BCUT2D eigenvalue weighted by molar-refractivity contribution is -0.115. The minimum Gasteiger partial charge on any atom is -0.295 e. The number of aryl methyl sites for hydroxylation is 1. The van der Waals surface area contributed by atoms with Gasteiger partial charge in [0, 0.05) is 15.7 Å². The fourth-order valence-electron chi connectivity index (χ4n) is 2.31. The van der Waals surface area contributed by atoms with Crippen LogP contribution in [0.5, 0.6) is 0 Å². The predicted molar refractivity (Wildman–Crippen MR) is 90.3 cm³/mol. The van der Waals surface area contributed by atoms with Gasteiger partial charge in [-0.15, -0.1) is 11.8 Å². The highest BCUT2D eigenvalue weighted by atomic mass is 35.5. The molecule has 1 saturated heterocycles. The molecule has 0 unspecified atom stereocenters. The number of carbonyl (C=O) groups is 1. The fraction of sp³-hybridized carbons (Fsp3) is 0.188. The zero-order chi connectivity index (χ0) is 15.0. The van der Waals surface area contributed by atoms with E-state index in [4.69, 9.17) is 23.2 Å². The molecule has 0 aromatic heterocycles. The Balaban J connectivity index is 1.99. The lowest BCUT2D eigenvalue weighted by Crippen LogP contribution is -2.27. The van der Waals surface area contributed by atoms with Gasteiger partial charge in [0.1, 0.15) is 5.37 Å². The zero-order valence-corrected chi connectivity index (χ0v) is 13.7. The van der Waals surface area contributed by atoms with E-state index < -0.39 is 0 Å². The van der Waals surface area contributed by atoms with Crippen LogP contribution >= 0.6 is 35.0 Å². The van der Waals surface area contributed by atoms with Crippen LogP contribution in [-0.4, -0.2) is 11.7 Å². The second-order valence-corrected chi connectivity index (χ2v) is 6.82. The van der Waals surface area contributed by atoms with Crippen molar-refractivity contribution in [3.8, 4) is 0 Å². The summed E-state index contributed by atoms with van der Waals surface area (Å²) in [5, 5.41) is 1.33. The minimum atomic E-state index is -0.0338. The van der Waals surface area contributed by atoms with E-state index in [1.165, 1.54) is 0 Å².